The van der Waals surface area contributed by atoms with Gasteiger partial charge in [0, 0.05) is 12.2 Å². The molecule has 2 aromatic rings. The molecule has 0 aliphatic rings. The minimum Gasteiger partial charge on any atom is -0.493 e. The summed E-state index contributed by atoms with van der Waals surface area (Å²) in [6.45, 7) is 4.49. The number of carboxylic acids is 1. The second-order valence-corrected chi connectivity index (χ2v) is 6.37. The normalized spacial score (nSPS) is 10.5. The van der Waals surface area contributed by atoms with Crippen molar-refractivity contribution in [2.24, 2.45) is 0 Å². The van der Waals surface area contributed by atoms with Gasteiger partial charge in [-0.1, -0.05) is 0 Å². The predicted octanol–water partition coefficient (Wildman–Crippen LogP) is 4.56. The number of ether oxygens (including phenoxy) is 2. The lowest BCUT2D eigenvalue weighted by Gasteiger charge is -2.17. The molecule has 0 atom stereocenters. The highest BCUT2D eigenvalue weighted by Gasteiger charge is 2.13. The number of aromatic carboxylic acids is 1. The van der Waals surface area contributed by atoms with Gasteiger partial charge < -0.3 is 19.9 Å². The van der Waals surface area contributed by atoms with Gasteiger partial charge in [0.1, 0.15) is 0 Å². The molecule has 0 radical (unpaired) electrons. The molecule has 0 saturated carbocycles. The molecule has 0 saturated heterocycles. The van der Waals surface area contributed by atoms with Gasteiger partial charge in [-0.2, -0.15) is 0 Å². The smallest absolute Gasteiger partial charge is 0.335 e. The van der Waals surface area contributed by atoms with Crippen molar-refractivity contribution in [1.82, 2.24) is 0 Å². The summed E-state index contributed by atoms with van der Waals surface area (Å²) >= 11 is 3.52. The Morgan fingerprint density at radius 1 is 1.25 bits per heavy atom. The third-order valence-corrected chi connectivity index (χ3v) is 3.86. The summed E-state index contributed by atoms with van der Waals surface area (Å²) in [4.78, 5) is 10.9. The SMILES string of the molecule is COc1cc(CNc2ccc(C(=O)O)cc2)cc(Br)c1OC(C)C. The van der Waals surface area contributed by atoms with Crippen LogP contribution in [-0.2, 0) is 6.54 Å². The van der Waals surface area contributed by atoms with Crippen LogP contribution in [0.1, 0.15) is 29.8 Å². The Labute approximate surface area is 149 Å². The number of rotatable bonds is 7. The van der Waals surface area contributed by atoms with Gasteiger partial charge in [-0.15, -0.1) is 0 Å². The van der Waals surface area contributed by atoms with Crippen LogP contribution in [0.15, 0.2) is 40.9 Å². The summed E-state index contributed by atoms with van der Waals surface area (Å²) in [5, 5.41) is 12.2. The van der Waals surface area contributed by atoms with Gasteiger partial charge in [0.15, 0.2) is 11.5 Å². The van der Waals surface area contributed by atoms with E-state index in [4.69, 9.17) is 14.6 Å². The molecule has 0 spiro atoms. The highest BCUT2D eigenvalue weighted by Crippen LogP contribution is 2.37. The number of hydrogen-bond acceptors (Lipinski definition) is 4. The maximum Gasteiger partial charge on any atom is 0.335 e. The van der Waals surface area contributed by atoms with Gasteiger partial charge in [-0.3, -0.25) is 0 Å². The number of benzene rings is 2. The van der Waals surface area contributed by atoms with Crippen LogP contribution in [0.3, 0.4) is 0 Å². The van der Waals surface area contributed by atoms with Gasteiger partial charge in [0.25, 0.3) is 0 Å². The molecule has 0 fully saturated rings. The lowest BCUT2D eigenvalue weighted by molar-refractivity contribution is 0.0697. The first-order chi connectivity index (χ1) is 11.4. The van der Waals surface area contributed by atoms with Crippen LogP contribution in [0.2, 0.25) is 0 Å². The molecule has 6 heteroatoms. The Morgan fingerprint density at radius 2 is 1.92 bits per heavy atom. The zero-order valence-corrected chi connectivity index (χ0v) is 15.4. The van der Waals surface area contributed by atoms with Gasteiger partial charge in [0.05, 0.1) is 23.2 Å². The number of nitrogens with one attached hydrogen (secondary N) is 1. The molecule has 5 nitrogen and oxygen atoms in total. The Balaban J connectivity index is 2.12. The molecule has 24 heavy (non-hydrogen) atoms. The van der Waals surface area contributed by atoms with Gasteiger partial charge in [0.2, 0.25) is 0 Å². The van der Waals surface area contributed by atoms with Crippen molar-refractivity contribution in [2.45, 2.75) is 26.5 Å². The molecule has 2 rings (SSSR count). The largest absolute Gasteiger partial charge is 0.493 e. The second kappa shape index (κ2) is 8.06. The number of methoxy groups -OCH3 is 1. The average Bonchev–Trinajstić information content (AvgIpc) is 2.55. The summed E-state index contributed by atoms with van der Waals surface area (Å²) in [5.74, 6) is 0.411. The topological polar surface area (TPSA) is 67.8 Å². The Hall–Kier alpha value is -2.21. The van der Waals surface area contributed by atoms with Crippen molar-refractivity contribution in [3.05, 3.63) is 52.0 Å². The zero-order chi connectivity index (χ0) is 17.7. The fourth-order valence-electron chi connectivity index (χ4n) is 2.16. The van der Waals surface area contributed by atoms with Crippen LogP contribution in [0.5, 0.6) is 11.5 Å². The van der Waals surface area contributed by atoms with E-state index in [1.807, 2.05) is 26.0 Å². The Morgan fingerprint density at radius 3 is 2.46 bits per heavy atom. The maximum atomic E-state index is 10.9. The zero-order valence-electron chi connectivity index (χ0n) is 13.8. The molecule has 0 unspecified atom stereocenters. The fourth-order valence-corrected chi connectivity index (χ4v) is 2.74. The average molecular weight is 394 g/mol. The van der Waals surface area contributed by atoms with Crippen molar-refractivity contribution in [3.8, 4) is 11.5 Å². The lowest BCUT2D eigenvalue weighted by Crippen LogP contribution is -2.08. The van der Waals surface area contributed by atoms with Crippen molar-refractivity contribution >= 4 is 27.6 Å². The molecule has 0 amide bonds. The summed E-state index contributed by atoms with van der Waals surface area (Å²) in [6, 6.07) is 10.5. The van der Waals surface area contributed by atoms with Gasteiger partial charge >= 0.3 is 5.97 Å². The fraction of sp³-hybridized carbons (Fsp3) is 0.278. The molecule has 0 aromatic heterocycles. The molecule has 0 heterocycles. The van der Waals surface area contributed by atoms with Gasteiger partial charge in [-0.05, 0) is 71.7 Å². The van der Waals surface area contributed by atoms with Crippen molar-refractivity contribution in [3.63, 3.8) is 0 Å². The lowest BCUT2D eigenvalue weighted by atomic mass is 10.1. The minimum atomic E-state index is -0.934. The van der Waals surface area contributed by atoms with E-state index >= 15 is 0 Å². The number of carbonyl (C=O) groups is 1. The van der Waals surface area contributed by atoms with Crippen LogP contribution < -0.4 is 14.8 Å². The van der Waals surface area contributed by atoms with E-state index < -0.39 is 5.97 Å². The van der Waals surface area contributed by atoms with Gasteiger partial charge in [-0.25, -0.2) is 4.79 Å². The van der Waals surface area contributed by atoms with E-state index in [0.717, 1.165) is 15.7 Å². The minimum absolute atomic E-state index is 0.0481. The van der Waals surface area contributed by atoms with Crippen molar-refractivity contribution < 1.29 is 19.4 Å². The van der Waals surface area contributed by atoms with E-state index in [0.29, 0.717) is 18.0 Å². The molecule has 2 N–H and O–H groups in total. The standard InChI is InChI=1S/C18H20BrNO4/c1-11(2)24-17-15(19)8-12(9-16(17)23-3)10-20-14-6-4-13(5-7-14)18(21)22/h4-9,11,20H,10H2,1-3H3,(H,21,22). The monoisotopic (exact) mass is 393 g/mol. The molecule has 128 valence electrons. The summed E-state index contributed by atoms with van der Waals surface area (Å²) in [5.41, 5.74) is 2.12. The Kier molecular flexibility index (Phi) is 6.09. The van der Waals surface area contributed by atoms with Crippen LogP contribution >= 0.6 is 15.9 Å². The highest BCUT2D eigenvalue weighted by atomic mass is 79.9. The van der Waals surface area contributed by atoms with Crippen molar-refractivity contribution in [1.29, 1.82) is 0 Å². The number of hydrogen-bond donors (Lipinski definition) is 2. The summed E-state index contributed by atoms with van der Waals surface area (Å²) < 4.78 is 12.0. The van der Waals surface area contributed by atoms with E-state index in [-0.39, 0.29) is 11.7 Å². The van der Waals surface area contributed by atoms with Crippen LogP contribution in [0.25, 0.3) is 0 Å². The molecule has 0 bridgehead atoms. The number of halogens is 1. The highest BCUT2D eigenvalue weighted by molar-refractivity contribution is 9.10. The maximum absolute atomic E-state index is 10.9. The summed E-state index contributed by atoms with van der Waals surface area (Å²) in [7, 11) is 1.61. The van der Waals surface area contributed by atoms with Crippen LogP contribution in [0.4, 0.5) is 5.69 Å². The molecule has 0 aliphatic carbocycles. The number of carboxylic acid groups (broad SMARTS) is 1. The van der Waals surface area contributed by atoms with E-state index in [9.17, 15) is 4.79 Å². The quantitative estimate of drug-likeness (QED) is 0.721. The summed E-state index contributed by atoms with van der Waals surface area (Å²) in [6.07, 6.45) is 0.0481. The van der Waals surface area contributed by atoms with E-state index in [1.54, 1.807) is 31.4 Å². The van der Waals surface area contributed by atoms with E-state index in [2.05, 4.69) is 21.2 Å². The van der Waals surface area contributed by atoms with Crippen molar-refractivity contribution in [2.75, 3.05) is 12.4 Å². The molecule has 0 aliphatic heterocycles. The van der Waals surface area contributed by atoms with E-state index in [1.165, 1.54) is 0 Å². The first-order valence-electron chi connectivity index (χ1n) is 7.51. The Bertz CT molecular complexity index is 714. The molecular formula is C18H20BrNO4. The van der Waals surface area contributed by atoms with Crippen LogP contribution in [-0.4, -0.2) is 24.3 Å². The first-order valence-corrected chi connectivity index (χ1v) is 8.30. The second-order valence-electron chi connectivity index (χ2n) is 5.51. The third-order valence-electron chi connectivity index (χ3n) is 3.27. The first kappa shape index (κ1) is 18.1. The molecular weight excluding hydrogens is 374 g/mol. The molecule has 2 aromatic carbocycles. The third kappa shape index (κ3) is 4.64. The van der Waals surface area contributed by atoms with Crippen LogP contribution in [0, 0.1) is 0 Å². The number of anilines is 1. The predicted molar refractivity (Wildman–Crippen MR) is 97.2 cm³/mol.